The SMILES string of the molecule is CC1(C)CCCC1C(=O)NC1CCC(=O)CC1. The van der Waals surface area contributed by atoms with Gasteiger partial charge in [0.25, 0.3) is 0 Å². The molecule has 96 valence electrons. The number of hydrogen-bond donors (Lipinski definition) is 1. The molecule has 2 aliphatic rings. The van der Waals surface area contributed by atoms with E-state index in [1.165, 1.54) is 0 Å². The molecule has 1 amide bonds. The first-order valence-electron chi connectivity index (χ1n) is 6.81. The van der Waals surface area contributed by atoms with E-state index in [0.29, 0.717) is 18.6 Å². The number of nitrogens with one attached hydrogen (secondary N) is 1. The fraction of sp³-hybridized carbons (Fsp3) is 0.857. The van der Waals surface area contributed by atoms with Gasteiger partial charge in [0.05, 0.1) is 0 Å². The summed E-state index contributed by atoms with van der Waals surface area (Å²) in [7, 11) is 0. The van der Waals surface area contributed by atoms with E-state index < -0.39 is 0 Å². The molecule has 2 aliphatic carbocycles. The van der Waals surface area contributed by atoms with Crippen LogP contribution >= 0.6 is 0 Å². The lowest BCUT2D eigenvalue weighted by atomic mass is 9.81. The van der Waals surface area contributed by atoms with Crippen LogP contribution in [0.15, 0.2) is 0 Å². The van der Waals surface area contributed by atoms with Gasteiger partial charge in [0.15, 0.2) is 0 Å². The van der Waals surface area contributed by atoms with E-state index in [2.05, 4.69) is 19.2 Å². The molecule has 0 aliphatic heterocycles. The summed E-state index contributed by atoms with van der Waals surface area (Å²) < 4.78 is 0. The molecule has 2 saturated carbocycles. The van der Waals surface area contributed by atoms with Gasteiger partial charge in [0, 0.05) is 24.8 Å². The van der Waals surface area contributed by atoms with Crippen molar-refractivity contribution in [1.29, 1.82) is 0 Å². The molecule has 0 aromatic carbocycles. The highest BCUT2D eigenvalue weighted by molar-refractivity contribution is 5.82. The largest absolute Gasteiger partial charge is 0.353 e. The van der Waals surface area contributed by atoms with Crippen molar-refractivity contribution in [2.45, 2.75) is 64.8 Å². The number of carbonyl (C=O) groups excluding carboxylic acids is 2. The molecule has 3 nitrogen and oxygen atoms in total. The molecule has 0 saturated heterocycles. The molecule has 17 heavy (non-hydrogen) atoms. The number of carbonyl (C=O) groups is 2. The Bertz CT molecular complexity index is 312. The molecule has 1 N–H and O–H groups in total. The van der Waals surface area contributed by atoms with Gasteiger partial charge in [-0.2, -0.15) is 0 Å². The minimum absolute atomic E-state index is 0.147. The van der Waals surface area contributed by atoms with Crippen LogP contribution in [-0.4, -0.2) is 17.7 Å². The summed E-state index contributed by atoms with van der Waals surface area (Å²) in [6, 6.07) is 0.233. The summed E-state index contributed by atoms with van der Waals surface area (Å²) in [6.07, 6.45) is 6.26. The predicted molar refractivity (Wildman–Crippen MR) is 66.5 cm³/mol. The molecule has 2 fully saturated rings. The van der Waals surface area contributed by atoms with Crippen molar-refractivity contribution in [3.63, 3.8) is 0 Å². The Morgan fingerprint density at radius 3 is 2.41 bits per heavy atom. The third kappa shape index (κ3) is 2.88. The molecule has 2 rings (SSSR count). The average Bonchev–Trinajstić information content (AvgIpc) is 2.61. The molecule has 0 radical (unpaired) electrons. The zero-order valence-corrected chi connectivity index (χ0v) is 10.9. The Morgan fingerprint density at radius 2 is 1.88 bits per heavy atom. The monoisotopic (exact) mass is 237 g/mol. The first-order chi connectivity index (χ1) is 7.99. The van der Waals surface area contributed by atoms with Gasteiger partial charge >= 0.3 is 0 Å². The number of hydrogen-bond acceptors (Lipinski definition) is 2. The lowest BCUT2D eigenvalue weighted by Gasteiger charge is -2.29. The van der Waals surface area contributed by atoms with Crippen LogP contribution < -0.4 is 5.32 Å². The average molecular weight is 237 g/mol. The lowest BCUT2D eigenvalue weighted by molar-refractivity contribution is -0.129. The van der Waals surface area contributed by atoms with Crippen LogP contribution in [0, 0.1) is 11.3 Å². The van der Waals surface area contributed by atoms with E-state index in [1.807, 2.05) is 0 Å². The first-order valence-corrected chi connectivity index (χ1v) is 6.81. The summed E-state index contributed by atoms with van der Waals surface area (Å²) in [5.74, 6) is 0.726. The maximum absolute atomic E-state index is 12.2. The summed E-state index contributed by atoms with van der Waals surface area (Å²) in [4.78, 5) is 23.4. The molecule has 0 aromatic heterocycles. The van der Waals surface area contributed by atoms with Crippen molar-refractivity contribution >= 4 is 11.7 Å². The van der Waals surface area contributed by atoms with Crippen molar-refractivity contribution in [2.24, 2.45) is 11.3 Å². The van der Waals surface area contributed by atoms with Gasteiger partial charge in [-0.15, -0.1) is 0 Å². The third-order valence-corrected chi connectivity index (χ3v) is 4.46. The molecule has 0 spiro atoms. The van der Waals surface area contributed by atoms with Gasteiger partial charge in [0.2, 0.25) is 5.91 Å². The van der Waals surface area contributed by atoms with Gasteiger partial charge in [-0.3, -0.25) is 9.59 Å². The lowest BCUT2D eigenvalue weighted by Crippen LogP contribution is -2.43. The number of Topliss-reactive ketones (excluding diaryl/α,β-unsaturated/α-hetero) is 1. The van der Waals surface area contributed by atoms with Crippen molar-refractivity contribution in [3.8, 4) is 0 Å². The highest BCUT2D eigenvalue weighted by Crippen LogP contribution is 2.42. The Balaban J connectivity index is 1.87. The molecule has 1 unspecified atom stereocenters. The second-order valence-corrected chi connectivity index (χ2v) is 6.25. The number of amides is 1. The minimum atomic E-state index is 0.147. The summed E-state index contributed by atoms with van der Waals surface area (Å²) in [5, 5.41) is 3.15. The van der Waals surface area contributed by atoms with E-state index in [4.69, 9.17) is 0 Å². The zero-order valence-electron chi connectivity index (χ0n) is 10.9. The van der Waals surface area contributed by atoms with E-state index in [0.717, 1.165) is 32.1 Å². The Hall–Kier alpha value is -0.860. The zero-order chi connectivity index (χ0) is 12.5. The quantitative estimate of drug-likeness (QED) is 0.801. The van der Waals surface area contributed by atoms with E-state index in [-0.39, 0.29) is 23.3 Å². The van der Waals surface area contributed by atoms with Crippen molar-refractivity contribution in [3.05, 3.63) is 0 Å². The van der Waals surface area contributed by atoms with Crippen molar-refractivity contribution in [1.82, 2.24) is 5.32 Å². The minimum Gasteiger partial charge on any atom is -0.353 e. The normalized spacial score (nSPS) is 29.3. The fourth-order valence-corrected chi connectivity index (χ4v) is 3.20. The predicted octanol–water partition coefficient (Wildman–Crippen LogP) is 2.44. The number of ketones is 1. The Morgan fingerprint density at radius 1 is 1.24 bits per heavy atom. The topological polar surface area (TPSA) is 46.2 Å². The van der Waals surface area contributed by atoms with Gasteiger partial charge in [-0.1, -0.05) is 20.3 Å². The van der Waals surface area contributed by atoms with E-state index in [9.17, 15) is 9.59 Å². The summed E-state index contributed by atoms with van der Waals surface area (Å²) in [6.45, 7) is 4.38. The molecular weight excluding hydrogens is 214 g/mol. The molecule has 0 aromatic rings. The number of rotatable bonds is 2. The maximum Gasteiger partial charge on any atom is 0.223 e. The van der Waals surface area contributed by atoms with Crippen LogP contribution in [0.2, 0.25) is 0 Å². The molecule has 3 heteroatoms. The Kier molecular flexibility index (Phi) is 3.55. The van der Waals surface area contributed by atoms with Gasteiger partial charge in [-0.05, 0) is 31.1 Å². The van der Waals surface area contributed by atoms with Crippen LogP contribution in [0.25, 0.3) is 0 Å². The smallest absolute Gasteiger partial charge is 0.223 e. The first kappa shape index (κ1) is 12.6. The van der Waals surface area contributed by atoms with Crippen LogP contribution in [-0.2, 0) is 9.59 Å². The van der Waals surface area contributed by atoms with Crippen LogP contribution in [0.1, 0.15) is 58.8 Å². The van der Waals surface area contributed by atoms with Crippen LogP contribution in [0.5, 0.6) is 0 Å². The van der Waals surface area contributed by atoms with Crippen LogP contribution in [0.3, 0.4) is 0 Å². The fourth-order valence-electron chi connectivity index (χ4n) is 3.20. The van der Waals surface area contributed by atoms with Gasteiger partial charge < -0.3 is 5.32 Å². The molecule has 0 bridgehead atoms. The maximum atomic E-state index is 12.2. The van der Waals surface area contributed by atoms with Crippen LogP contribution in [0.4, 0.5) is 0 Å². The van der Waals surface area contributed by atoms with Crippen molar-refractivity contribution in [2.75, 3.05) is 0 Å². The van der Waals surface area contributed by atoms with E-state index in [1.54, 1.807) is 0 Å². The summed E-state index contributed by atoms with van der Waals surface area (Å²) in [5.41, 5.74) is 0.147. The summed E-state index contributed by atoms with van der Waals surface area (Å²) >= 11 is 0. The van der Waals surface area contributed by atoms with Gasteiger partial charge in [-0.25, -0.2) is 0 Å². The molecule has 0 heterocycles. The highest BCUT2D eigenvalue weighted by atomic mass is 16.2. The van der Waals surface area contributed by atoms with Gasteiger partial charge in [0.1, 0.15) is 5.78 Å². The van der Waals surface area contributed by atoms with Crippen molar-refractivity contribution < 1.29 is 9.59 Å². The second kappa shape index (κ2) is 4.79. The molecular formula is C14H23NO2. The standard InChI is InChI=1S/C14H23NO2/c1-14(2)9-3-4-12(14)13(17)15-10-5-7-11(16)8-6-10/h10,12H,3-9H2,1-2H3,(H,15,17). The second-order valence-electron chi connectivity index (χ2n) is 6.25. The Labute approximate surface area is 103 Å². The highest BCUT2D eigenvalue weighted by Gasteiger charge is 2.39. The van der Waals surface area contributed by atoms with E-state index >= 15 is 0 Å². The third-order valence-electron chi connectivity index (χ3n) is 4.46. The molecule has 1 atom stereocenters.